The highest BCUT2D eigenvalue weighted by Gasteiger charge is 2.22. The molecule has 5 nitrogen and oxygen atoms in total. The van der Waals surface area contributed by atoms with E-state index in [0.29, 0.717) is 6.54 Å². The molecule has 2 rings (SSSR count). The Bertz CT molecular complexity index is 281. The maximum atomic E-state index is 11.5. The van der Waals surface area contributed by atoms with Gasteiger partial charge in [-0.3, -0.25) is 9.59 Å². The van der Waals surface area contributed by atoms with E-state index in [1.165, 1.54) is 0 Å². The molecule has 1 saturated heterocycles. The lowest BCUT2D eigenvalue weighted by atomic mass is 10.2. The molecule has 5 heteroatoms. The predicted octanol–water partition coefficient (Wildman–Crippen LogP) is 0.340. The van der Waals surface area contributed by atoms with Gasteiger partial charge in [0.15, 0.2) is 0 Å². The third-order valence-electron chi connectivity index (χ3n) is 3.41. The number of amides is 2. The first-order valence-corrected chi connectivity index (χ1v) is 6.46. The zero-order valence-electron chi connectivity index (χ0n) is 10.0. The molecular formula is C12H20N2O3. The lowest BCUT2D eigenvalue weighted by Crippen LogP contribution is -2.45. The van der Waals surface area contributed by atoms with Gasteiger partial charge in [0.2, 0.25) is 0 Å². The first-order valence-electron chi connectivity index (χ1n) is 6.46. The van der Waals surface area contributed by atoms with Crippen molar-refractivity contribution in [3.8, 4) is 0 Å². The second kappa shape index (κ2) is 6.00. The van der Waals surface area contributed by atoms with Crippen LogP contribution in [0.4, 0.5) is 0 Å². The van der Waals surface area contributed by atoms with Crippen LogP contribution in [0.25, 0.3) is 0 Å². The topological polar surface area (TPSA) is 67.4 Å². The van der Waals surface area contributed by atoms with E-state index in [9.17, 15) is 9.59 Å². The van der Waals surface area contributed by atoms with Crippen molar-refractivity contribution in [2.24, 2.45) is 0 Å². The van der Waals surface area contributed by atoms with Gasteiger partial charge in [-0.1, -0.05) is 12.8 Å². The Kier molecular flexibility index (Phi) is 4.36. The Balaban J connectivity index is 1.65. The Morgan fingerprint density at radius 3 is 2.47 bits per heavy atom. The number of rotatable bonds is 3. The third-order valence-corrected chi connectivity index (χ3v) is 3.41. The molecule has 1 saturated carbocycles. The maximum Gasteiger partial charge on any atom is 0.309 e. The molecule has 1 aliphatic carbocycles. The van der Waals surface area contributed by atoms with Crippen LogP contribution < -0.4 is 10.6 Å². The Morgan fingerprint density at radius 1 is 1.06 bits per heavy atom. The van der Waals surface area contributed by atoms with E-state index in [0.717, 1.165) is 45.1 Å². The fourth-order valence-electron chi connectivity index (χ4n) is 2.41. The van der Waals surface area contributed by atoms with Crippen LogP contribution in [0.1, 0.15) is 38.5 Å². The molecule has 0 bridgehead atoms. The summed E-state index contributed by atoms with van der Waals surface area (Å²) in [6.45, 7) is 1.20. The SMILES string of the molecule is O=C(NCC1CCCO1)C(=O)NC1CCCC1. The minimum Gasteiger partial charge on any atom is -0.376 e. The van der Waals surface area contributed by atoms with Crippen molar-refractivity contribution in [3.05, 3.63) is 0 Å². The van der Waals surface area contributed by atoms with Gasteiger partial charge in [0.25, 0.3) is 0 Å². The van der Waals surface area contributed by atoms with E-state index in [2.05, 4.69) is 10.6 Å². The van der Waals surface area contributed by atoms with Crippen molar-refractivity contribution in [1.29, 1.82) is 0 Å². The molecule has 2 aliphatic rings. The van der Waals surface area contributed by atoms with Gasteiger partial charge in [0.1, 0.15) is 0 Å². The minimum absolute atomic E-state index is 0.0817. The summed E-state index contributed by atoms with van der Waals surface area (Å²) in [5, 5.41) is 5.38. The summed E-state index contributed by atoms with van der Waals surface area (Å²) in [4.78, 5) is 23.0. The average molecular weight is 240 g/mol. The van der Waals surface area contributed by atoms with Crippen LogP contribution in [0.2, 0.25) is 0 Å². The largest absolute Gasteiger partial charge is 0.376 e. The lowest BCUT2D eigenvalue weighted by Gasteiger charge is -2.13. The fourth-order valence-corrected chi connectivity index (χ4v) is 2.41. The highest BCUT2D eigenvalue weighted by Crippen LogP contribution is 2.17. The zero-order valence-corrected chi connectivity index (χ0v) is 10.0. The van der Waals surface area contributed by atoms with Crippen molar-refractivity contribution in [2.45, 2.75) is 50.7 Å². The molecule has 2 amide bonds. The normalized spacial score (nSPS) is 24.8. The molecule has 0 aromatic heterocycles. The summed E-state index contributed by atoms with van der Waals surface area (Å²) in [6, 6.07) is 0.191. The van der Waals surface area contributed by atoms with E-state index >= 15 is 0 Å². The smallest absolute Gasteiger partial charge is 0.309 e. The van der Waals surface area contributed by atoms with Gasteiger partial charge >= 0.3 is 11.8 Å². The zero-order chi connectivity index (χ0) is 12.1. The summed E-state index contributed by atoms with van der Waals surface area (Å²) in [6.07, 6.45) is 6.35. The minimum atomic E-state index is -0.535. The molecule has 1 aliphatic heterocycles. The van der Waals surface area contributed by atoms with Crippen LogP contribution in [0.3, 0.4) is 0 Å². The molecule has 0 aromatic rings. The van der Waals surface area contributed by atoms with E-state index < -0.39 is 11.8 Å². The Labute approximate surface area is 101 Å². The van der Waals surface area contributed by atoms with Crippen molar-refractivity contribution in [2.75, 3.05) is 13.2 Å². The third kappa shape index (κ3) is 3.70. The summed E-state index contributed by atoms with van der Waals surface area (Å²) in [7, 11) is 0. The van der Waals surface area contributed by atoms with Crippen LogP contribution in [-0.4, -0.2) is 37.1 Å². The van der Waals surface area contributed by atoms with Crippen LogP contribution in [-0.2, 0) is 14.3 Å². The lowest BCUT2D eigenvalue weighted by molar-refractivity contribution is -0.139. The van der Waals surface area contributed by atoms with Crippen LogP contribution >= 0.6 is 0 Å². The average Bonchev–Trinajstić information content (AvgIpc) is 2.98. The standard InChI is InChI=1S/C12H20N2O3/c15-11(13-8-10-6-3-7-17-10)12(16)14-9-4-1-2-5-9/h9-10H,1-8H2,(H,13,15)(H,14,16). The molecule has 0 spiro atoms. The van der Waals surface area contributed by atoms with Crippen molar-refractivity contribution in [1.82, 2.24) is 10.6 Å². The van der Waals surface area contributed by atoms with Crippen LogP contribution in [0, 0.1) is 0 Å². The highest BCUT2D eigenvalue weighted by atomic mass is 16.5. The molecule has 0 radical (unpaired) electrons. The van der Waals surface area contributed by atoms with E-state index in [1.54, 1.807) is 0 Å². The fraction of sp³-hybridized carbons (Fsp3) is 0.833. The monoisotopic (exact) mass is 240 g/mol. The van der Waals surface area contributed by atoms with E-state index in [-0.39, 0.29) is 12.1 Å². The molecule has 0 aromatic carbocycles. The summed E-state index contributed by atoms with van der Waals surface area (Å²) in [5.74, 6) is -1.04. The number of nitrogens with one attached hydrogen (secondary N) is 2. The summed E-state index contributed by atoms with van der Waals surface area (Å²) in [5.41, 5.74) is 0. The van der Waals surface area contributed by atoms with Gasteiger partial charge in [-0.2, -0.15) is 0 Å². The Morgan fingerprint density at radius 2 is 1.82 bits per heavy atom. The molecule has 2 fully saturated rings. The number of hydrogen-bond acceptors (Lipinski definition) is 3. The number of hydrogen-bond donors (Lipinski definition) is 2. The van der Waals surface area contributed by atoms with E-state index in [4.69, 9.17) is 4.74 Å². The van der Waals surface area contributed by atoms with Gasteiger partial charge in [0.05, 0.1) is 6.10 Å². The van der Waals surface area contributed by atoms with Crippen molar-refractivity contribution in [3.63, 3.8) is 0 Å². The summed E-state index contributed by atoms with van der Waals surface area (Å²) >= 11 is 0. The number of carbonyl (C=O) groups is 2. The van der Waals surface area contributed by atoms with Gasteiger partial charge in [-0.05, 0) is 25.7 Å². The van der Waals surface area contributed by atoms with Crippen molar-refractivity contribution >= 4 is 11.8 Å². The van der Waals surface area contributed by atoms with Gasteiger partial charge in [0, 0.05) is 19.2 Å². The number of ether oxygens (including phenoxy) is 1. The number of carbonyl (C=O) groups excluding carboxylic acids is 2. The molecule has 17 heavy (non-hydrogen) atoms. The quantitative estimate of drug-likeness (QED) is 0.699. The first-order chi connectivity index (χ1) is 8.25. The van der Waals surface area contributed by atoms with Crippen LogP contribution in [0.5, 0.6) is 0 Å². The Hall–Kier alpha value is -1.10. The summed E-state index contributed by atoms with van der Waals surface area (Å²) < 4.78 is 5.37. The molecule has 1 heterocycles. The molecule has 1 atom stereocenters. The van der Waals surface area contributed by atoms with Gasteiger partial charge in [-0.15, -0.1) is 0 Å². The molecule has 2 N–H and O–H groups in total. The highest BCUT2D eigenvalue weighted by molar-refractivity contribution is 6.35. The van der Waals surface area contributed by atoms with Gasteiger partial charge in [-0.25, -0.2) is 0 Å². The molecular weight excluding hydrogens is 220 g/mol. The molecule has 1 unspecified atom stereocenters. The van der Waals surface area contributed by atoms with Crippen molar-refractivity contribution < 1.29 is 14.3 Å². The maximum absolute atomic E-state index is 11.5. The first kappa shape index (κ1) is 12.4. The molecule has 96 valence electrons. The van der Waals surface area contributed by atoms with Crippen LogP contribution in [0.15, 0.2) is 0 Å². The second-order valence-electron chi connectivity index (χ2n) is 4.80. The second-order valence-corrected chi connectivity index (χ2v) is 4.80. The predicted molar refractivity (Wildman–Crippen MR) is 62.4 cm³/mol. The van der Waals surface area contributed by atoms with Gasteiger partial charge < -0.3 is 15.4 Å². The van der Waals surface area contributed by atoms with E-state index in [1.807, 2.05) is 0 Å².